The Bertz CT molecular complexity index is 358. The first-order valence-corrected chi connectivity index (χ1v) is 4.24. The Morgan fingerprint density at radius 2 is 2.14 bits per heavy atom. The van der Waals surface area contributed by atoms with Gasteiger partial charge in [-0.15, -0.1) is 0 Å². The molecule has 2 nitrogen and oxygen atoms in total. The number of rotatable bonds is 3. The summed E-state index contributed by atoms with van der Waals surface area (Å²) in [6.07, 6.45) is 3.04. The predicted molar refractivity (Wildman–Crippen MR) is 53.6 cm³/mol. The van der Waals surface area contributed by atoms with Crippen LogP contribution in [-0.2, 0) is 0 Å². The van der Waals surface area contributed by atoms with Crippen LogP contribution in [0, 0.1) is 5.82 Å². The van der Waals surface area contributed by atoms with E-state index in [1.165, 1.54) is 24.3 Å². The largest absolute Gasteiger partial charge is 0.383 e. The number of nitrogens with zero attached hydrogens (tertiary/aromatic N) is 1. The van der Waals surface area contributed by atoms with Crippen molar-refractivity contribution >= 4 is 5.78 Å². The molecule has 0 amide bonds. The highest BCUT2D eigenvalue weighted by atomic mass is 19.1. The summed E-state index contributed by atoms with van der Waals surface area (Å²) in [5.74, 6) is -0.590. The molecule has 0 aromatic heterocycles. The van der Waals surface area contributed by atoms with Crippen molar-refractivity contribution in [3.8, 4) is 0 Å². The van der Waals surface area contributed by atoms with Crippen LogP contribution in [0.25, 0.3) is 0 Å². The molecule has 0 radical (unpaired) electrons. The smallest absolute Gasteiger partial charge is 0.187 e. The molecule has 3 heteroatoms. The summed E-state index contributed by atoms with van der Waals surface area (Å²) in [5.41, 5.74) is 0.364. The van der Waals surface area contributed by atoms with E-state index in [-0.39, 0.29) is 5.78 Å². The molecule has 0 aliphatic heterocycles. The standard InChI is InChI=1S/C11H12FNO/c1-13(2)7-6-11(14)9-4-3-5-10(12)8-9/h3-8H,1-2H3/b7-6+. The van der Waals surface area contributed by atoms with Crippen LogP contribution in [0.15, 0.2) is 36.5 Å². The van der Waals surface area contributed by atoms with Crippen molar-refractivity contribution in [3.05, 3.63) is 47.9 Å². The summed E-state index contributed by atoms with van der Waals surface area (Å²) in [4.78, 5) is 13.2. The van der Waals surface area contributed by atoms with E-state index < -0.39 is 5.82 Å². The molecule has 0 saturated heterocycles. The average Bonchev–Trinajstić information content (AvgIpc) is 2.14. The molecule has 0 bridgehead atoms. The molecule has 0 spiro atoms. The van der Waals surface area contributed by atoms with Crippen LogP contribution in [0.3, 0.4) is 0 Å². The number of benzene rings is 1. The summed E-state index contributed by atoms with van der Waals surface area (Å²) < 4.78 is 12.7. The zero-order valence-electron chi connectivity index (χ0n) is 8.20. The van der Waals surface area contributed by atoms with Crippen LogP contribution in [-0.4, -0.2) is 24.8 Å². The van der Waals surface area contributed by atoms with Crippen molar-refractivity contribution < 1.29 is 9.18 Å². The van der Waals surface area contributed by atoms with Crippen molar-refractivity contribution in [2.75, 3.05) is 14.1 Å². The molecule has 0 fully saturated rings. The van der Waals surface area contributed by atoms with Gasteiger partial charge in [-0.25, -0.2) is 4.39 Å². The fraction of sp³-hybridized carbons (Fsp3) is 0.182. The van der Waals surface area contributed by atoms with Gasteiger partial charge in [-0.05, 0) is 12.1 Å². The molecule has 0 aliphatic carbocycles. The number of halogens is 1. The van der Waals surface area contributed by atoms with E-state index in [4.69, 9.17) is 0 Å². The summed E-state index contributed by atoms with van der Waals surface area (Å²) >= 11 is 0. The van der Waals surface area contributed by atoms with Crippen molar-refractivity contribution in [2.24, 2.45) is 0 Å². The number of carbonyl (C=O) groups excluding carboxylic acids is 1. The second kappa shape index (κ2) is 4.56. The van der Waals surface area contributed by atoms with Gasteiger partial charge in [0.05, 0.1) is 0 Å². The van der Waals surface area contributed by atoms with Gasteiger partial charge in [-0.2, -0.15) is 0 Å². The van der Waals surface area contributed by atoms with Crippen molar-refractivity contribution in [1.29, 1.82) is 0 Å². The molecule has 0 unspecified atom stereocenters. The Hall–Kier alpha value is -1.64. The van der Waals surface area contributed by atoms with Crippen molar-refractivity contribution in [3.63, 3.8) is 0 Å². The van der Waals surface area contributed by atoms with Crippen molar-refractivity contribution in [2.45, 2.75) is 0 Å². The van der Waals surface area contributed by atoms with Crippen molar-refractivity contribution in [1.82, 2.24) is 4.90 Å². The van der Waals surface area contributed by atoms with Crippen LogP contribution >= 0.6 is 0 Å². The highest BCUT2D eigenvalue weighted by Gasteiger charge is 2.01. The first-order chi connectivity index (χ1) is 6.59. The number of hydrogen-bond donors (Lipinski definition) is 0. The van der Waals surface area contributed by atoms with E-state index in [2.05, 4.69) is 0 Å². The zero-order valence-corrected chi connectivity index (χ0v) is 8.20. The molecular formula is C11H12FNO. The number of hydrogen-bond acceptors (Lipinski definition) is 2. The quantitative estimate of drug-likeness (QED) is 0.541. The first-order valence-electron chi connectivity index (χ1n) is 4.24. The lowest BCUT2D eigenvalue weighted by Crippen LogP contribution is -2.03. The maximum Gasteiger partial charge on any atom is 0.187 e. The minimum Gasteiger partial charge on any atom is -0.383 e. The Balaban J connectivity index is 2.80. The third-order valence-corrected chi connectivity index (χ3v) is 1.63. The summed E-state index contributed by atoms with van der Waals surface area (Å²) in [5, 5.41) is 0. The minimum atomic E-state index is -0.394. The fourth-order valence-corrected chi connectivity index (χ4v) is 0.955. The summed E-state index contributed by atoms with van der Waals surface area (Å²) in [6, 6.07) is 5.65. The van der Waals surface area contributed by atoms with E-state index in [9.17, 15) is 9.18 Å². The Kier molecular flexibility index (Phi) is 3.40. The van der Waals surface area contributed by atoms with Gasteiger partial charge in [-0.1, -0.05) is 12.1 Å². The Morgan fingerprint density at radius 3 is 2.71 bits per heavy atom. The predicted octanol–water partition coefficient (Wildman–Crippen LogP) is 2.08. The van der Waals surface area contributed by atoms with Crippen LogP contribution in [0.5, 0.6) is 0 Å². The van der Waals surface area contributed by atoms with Crippen LogP contribution in [0.2, 0.25) is 0 Å². The summed E-state index contributed by atoms with van der Waals surface area (Å²) in [7, 11) is 3.63. The van der Waals surface area contributed by atoms with Crippen LogP contribution in [0.4, 0.5) is 4.39 Å². The lowest BCUT2D eigenvalue weighted by Gasteiger charge is -2.02. The molecule has 1 rings (SSSR count). The molecular weight excluding hydrogens is 181 g/mol. The third kappa shape index (κ3) is 3.01. The zero-order chi connectivity index (χ0) is 10.6. The molecule has 1 aromatic rings. The SMILES string of the molecule is CN(C)/C=C/C(=O)c1cccc(F)c1. The highest BCUT2D eigenvalue weighted by Crippen LogP contribution is 2.04. The fourth-order valence-electron chi connectivity index (χ4n) is 0.955. The maximum absolute atomic E-state index is 12.7. The van der Waals surface area contributed by atoms with Crippen LogP contribution in [0.1, 0.15) is 10.4 Å². The minimum absolute atomic E-state index is 0.196. The van der Waals surface area contributed by atoms with Gasteiger partial charge in [0.25, 0.3) is 0 Å². The Labute approximate surface area is 82.7 Å². The van der Waals surface area contributed by atoms with Gasteiger partial charge >= 0.3 is 0 Å². The second-order valence-electron chi connectivity index (χ2n) is 3.15. The monoisotopic (exact) mass is 193 g/mol. The highest BCUT2D eigenvalue weighted by molar-refractivity contribution is 6.04. The van der Waals surface area contributed by atoms with E-state index >= 15 is 0 Å². The van der Waals surface area contributed by atoms with E-state index in [1.54, 1.807) is 17.2 Å². The first kappa shape index (κ1) is 10.4. The molecule has 0 heterocycles. The molecule has 0 N–H and O–H groups in total. The number of carbonyl (C=O) groups is 1. The Morgan fingerprint density at radius 1 is 1.43 bits per heavy atom. The maximum atomic E-state index is 12.7. The normalized spacial score (nSPS) is 10.5. The average molecular weight is 193 g/mol. The summed E-state index contributed by atoms with van der Waals surface area (Å²) in [6.45, 7) is 0. The lowest BCUT2D eigenvalue weighted by atomic mass is 10.1. The molecule has 0 aliphatic rings. The molecule has 1 aromatic carbocycles. The molecule has 0 saturated carbocycles. The molecule has 74 valence electrons. The number of ketones is 1. The van der Waals surface area contributed by atoms with Gasteiger partial charge < -0.3 is 4.90 Å². The van der Waals surface area contributed by atoms with E-state index in [0.717, 1.165) is 0 Å². The van der Waals surface area contributed by atoms with Crippen LogP contribution < -0.4 is 0 Å². The number of allylic oxidation sites excluding steroid dienone is 1. The molecule has 14 heavy (non-hydrogen) atoms. The van der Waals surface area contributed by atoms with Gasteiger partial charge in [0.2, 0.25) is 0 Å². The van der Waals surface area contributed by atoms with Gasteiger partial charge in [0.1, 0.15) is 5.82 Å². The van der Waals surface area contributed by atoms with E-state index in [1.807, 2.05) is 14.1 Å². The molecule has 0 atom stereocenters. The van der Waals surface area contributed by atoms with Gasteiger partial charge in [0, 0.05) is 31.9 Å². The van der Waals surface area contributed by atoms with Gasteiger partial charge in [-0.3, -0.25) is 4.79 Å². The third-order valence-electron chi connectivity index (χ3n) is 1.63. The van der Waals surface area contributed by atoms with E-state index in [0.29, 0.717) is 5.56 Å². The van der Waals surface area contributed by atoms with Gasteiger partial charge in [0.15, 0.2) is 5.78 Å². The second-order valence-corrected chi connectivity index (χ2v) is 3.15. The topological polar surface area (TPSA) is 20.3 Å². The lowest BCUT2D eigenvalue weighted by molar-refractivity contribution is 0.104.